The van der Waals surface area contributed by atoms with Gasteiger partial charge in [0.25, 0.3) is 11.8 Å². The second-order valence-corrected chi connectivity index (χ2v) is 7.58. The van der Waals surface area contributed by atoms with Gasteiger partial charge in [0.05, 0.1) is 25.4 Å². The Kier molecular flexibility index (Phi) is 7.67. The SMILES string of the molecule is CCC[NH+](CC(=O)Nc1ccccc1OC)CC(=O)N[C@H](C)c1cc2ccccc2o1. The van der Waals surface area contributed by atoms with E-state index >= 15 is 0 Å². The van der Waals surface area contributed by atoms with Crippen LogP contribution in [-0.2, 0) is 9.59 Å². The lowest BCUT2D eigenvalue weighted by molar-refractivity contribution is -0.883. The van der Waals surface area contributed by atoms with E-state index in [2.05, 4.69) is 10.6 Å². The molecule has 0 fully saturated rings. The first-order chi connectivity index (χ1) is 15.0. The highest BCUT2D eigenvalue weighted by Gasteiger charge is 2.21. The molecule has 0 saturated carbocycles. The van der Waals surface area contributed by atoms with Crippen molar-refractivity contribution in [1.29, 1.82) is 0 Å². The van der Waals surface area contributed by atoms with Gasteiger partial charge in [0, 0.05) is 5.39 Å². The van der Waals surface area contributed by atoms with Crippen LogP contribution in [0.3, 0.4) is 0 Å². The third kappa shape index (κ3) is 6.08. The Morgan fingerprint density at radius 3 is 2.52 bits per heavy atom. The molecule has 3 N–H and O–H groups in total. The van der Waals surface area contributed by atoms with E-state index in [-0.39, 0.29) is 30.9 Å². The van der Waals surface area contributed by atoms with Crippen LogP contribution in [0.2, 0.25) is 0 Å². The predicted molar refractivity (Wildman–Crippen MR) is 120 cm³/mol. The molecule has 0 aliphatic heterocycles. The Bertz CT molecular complexity index is 997. The summed E-state index contributed by atoms with van der Waals surface area (Å²) in [5.41, 5.74) is 1.42. The summed E-state index contributed by atoms with van der Waals surface area (Å²) < 4.78 is 11.1. The van der Waals surface area contributed by atoms with E-state index in [1.807, 2.05) is 56.3 Å². The van der Waals surface area contributed by atoms with Crippen molar-refractivity contribution in [3.8, 4) is 5.75 Å². The van der Waals surface area contributed by atoms with Crippen LogP contribution < -0.4 is 20.3 Å². The molecule has 7 heteroatoms. The van der Waals surface area contributed by atoms with Crippen molar-refractivity contribution in [2.24, 2.45) is 0 Å². The Morgan fingerprint density at radius 2 is 1.77 bits per heavy atom. The maximum atomic E-state index is 12.6. The van der Waals surface area contributed by atoms with Gasteiger partial charge in [-0.25, -0.2) is 0 Å². The molecule has 7 nitrogen and oxygen atoms in total. The third-order valence-corrected chi connectivity index (χ3v) is 5.05. The standard InChI is InChI=1S/C24H29N3O4/c1-4-13-27(16-24(29)26-19-10-6-8-12-21(19)30-3)15-23(28)25-17(2)22-14-18-9-5-7-11-20(18)31-22/h5-12,14,17H,4,13,15-16H2,1-3H3,(H,25,28)(H,26,29)/p+1/t17-/m1/s1. The second-order valence-electron chi connectivity index (χ2n) is 7.58. The minimum Gasteiger partial charge on any atom is -0.495 e. The second kappa shape index (κ2) is 10.6. The summed E-state index contributed by atoms with van der Waals surface area (Å²) in [6, 6.07) is 16.7. The summed E-state index contributed by atoms with van der Waals surface area (Å²) in [7, 11) is 1.56. The molecule has 1 unspecified atom stereocenters. The van der Waals surface area contributed by atoms with Crippen LogP contribution in [0, 0.1) is 0 Å². The number of fused-ring (bicyclic) bond motifs is 1. The number of furan rings is 1. The van der Waals surface area contributed by atoms with Crippen molar-refractivity contribution in [3.05, 3.63) is 60.4 Å². The predicted octanol–water partition coefficient (Wildman–Crippen LogP) is 2.55. The number of para-hydroxylation sites is 3. The molecule has 3 rings (SSSR count). The summed E-state index contributed by atoms with van der Waals surface area (Å²) in [6.07, 6.45) is 0.865. The van der Waals surface area contributed by atoms with Crippen LogP contribution in [0.5, 0.6) is 5.75 Å². The van der Waals surface area contributed by atoms with E-state index in [9.17, 15) is 9.59 Å². The summed E-state index contributed by atoms with van der Waals surface area (Å²) >= 11 is 0. The van der Waals surface area contributed by atoms with Gasteiger partial charge in [-0.2, -0.15) is 0 Å². The highest BCUT2D eigenvalue weighted by Crippen LogP contribution is 2.24. The quantitative estimate of drug-likeness (QED) is 0.467. The van der Waals surface area contributed by atoms with E-state index in [1.54, 1.807) is 19.2 Å². The van der Waals surface area contributed by atoms with Gasteiger partial charge in [-0.3, -0.25) is 9.59 Å². The van der Waals surface area contributed by atoms with Gasteiger partial charge in [-0.05, 0) is 37.6 Å². The van der Waals surface area contributed by atoms with Gasteiger partial charge in [-0.15, -0.1) is 0 Å². The number of rotatable bonds is 10. The number of hydrogen-bond donors (Lipinski definition) is 3. The van der Waals surface area contributed by atoms with Crippen molar-refractivity contribution >= 4 is 28.5 Å². The van der Waals surface area contributed by atoms with E-state index in [0.29, 0.717) is 23.7 Å². The molecule has 1 aromatic heterocycles. The first-order valence-electron chi connectivity index (χ1n) is 10.5. The van der Waals surface area contributed by atoms with Crippen LogP contribution in [0.4, 0.5) is 5.69 Å². The zero-order valence-electron chi connectivity index (χ0n) is 18.2. The number of methoxy groups -OCH3 is 1. The maximum Gasteiger partial charge on any atom is 0.279 e. The molecule has 0 saturated heterocycles. The fourth-order valence-electron chi connectivity index (χ4n) is 3.57. The number of amides is 2. The molecule has 3 aromatic rings. The number of nitrogens with one attached hydrogen (secondary N) is 3. The van der Waals surface area contributed by atoms with Crippen molar-refractivity contribution in [2.45, 2.75) is 26.3 Å². The number of anilines is 1. The molecule has 2 aromatic carbocycles. The number of carbonyl (C=O) groups excluding carboxylic acids is 2. The van der Waals surface area contributed by atoms with Crippen molar-refractivity contribution in [2.75, 3.05) is 32.1 Å². The summed E-state index contributed by atoms with van der Waals surface area (Å²) in [6.45, 7) is 5.04. The van der Waals surface area contributed by atoms with Gasteiger partial charge in [0.15, 0.2) is 13.1 Å². The largest absolute Gasteiger partial charge is 0.495 e. The average molecular weight is 425 g/mol. The van der Waals surface area contributed by atoms with Crippen molar-refractivity contribution in [3.63, 3.8) is 0 Å². The topological polar surface area (TPSA) is 85.0 Å². The molecule has 0 bridgehead atoms. The monoisotopic (exact) mass is 424 g/mol. The molecule has 2 atom stereocenters. The molecule has 2 amide bonds. The molecule has 164 valence electrons. The summed E-state index contributed by atoms with van der Waals surface area (Å²) in [4.78, 5) is 26.1. The lowest BCUT2D eigenvalue weighted by atomic mass is 10.2. The molecule has 31 heavy (non-hydrogen) atoms. The fourth-order valence-corrected chi connectivity index (χ4v) is 3.57. The Hall–Kier alpha value is -3.32. The lowest BCUT2D eigenvalue weighted by Gasteiger charge is -2.19. The fraction of sp³-hybridized carbons (Fsp3) is 0.333. The van der Waals surface area contributed by atoms with Crippen molar-refractivity contribution < 1.29 is 23.6 Å². The Balaban J connectivity index is 1.56. The molecule has 0 aliphatic carbocycles. The van der Waals surface area contributed by atoms with Gasteiger partial charge < -0.3 is 24.7 Å². The molecule has 0 aliphatic rings. The van der Waals surface area contributed by atoms with Crippen molar-refractivity contribution in [1.82, 2.24) is 5.32 Å². The Labute approximate surface area is 182 Å². The van der Waals surface area contributed by atoms with E-state index in [4.69, 9.17) is 9.15 Å². The van der Waals surface area contributed by atoms with Crippen LogP contribution in [-0.4, -0.2) is 38.6 Å². The smallest absolute Gasteiger partial charge is 0.279 e. The zero-order valence-corrected chi connectivity index (χ0v) is 18.2. The molecular formula is C24H30N3O4+. The number of ether oxygens (including phenoxy) is 1. The molecular weight excluding hydrogens is 394 g/mol. The highest BCUT2D eigenvalue weighted by molar-refractivity contribution is 5.93. The summed E-state index contributed by atoms with van der Waals surface area (Å²) in [5.74, 6) is 1.03. The summed E-state index contributed by atoms with van der Waals surface area (Å²) in [5, 5.41) is 6.86. The minimum absolute atomic E-state index is 0.124. The lowest BCUT2D eigenvalue weighted by Crippen LogP contribution is -3.14. The van der Waals surface area contributed by atoms with E-state index in [1.165, 1.54) is 0 Å². The number of quaternary nitrogens is 1. The Morgan fingerprint density at radius 1 is 1.06 bits per heavy atom. The van der Waals surface area contributed by atoms with Crippen LogP contribution >= 0.6 is 0 Å². The highest BCUT2D eigenvalue weighted by atomic mass is 16.5. The van der Waals surface area contributed by atoms with Crippen LogP contribution in [0.25, 0.3) is 11.0 Å². The molecule has 0 spiro atoms. The van der Waals surface area contributed by atoms with Gasteiger partial charge in [-0.1, -0.05) is 37.3 Å². The van der Waals surface area contributed by atoms with E-state index in [0.717, 1.165) is 22.3 Å². The van der Waals surface area contributed by atoms with Crippen LogP contribution in [0.15, 0.2) is 59.0 Å². The number of carbonyl (C=O) groups is 2. The first kappa shape index (κ1) is 22.4. The maximum absolute atomic E-state index is 12.6. The van der Waals surface area contributed by atoms with E-state index < -0.39 is 0 Å². The first-order valence-corrected chi connectivity index (χ1v) is 10.5. The van der Waals surface area contributed by atoms with Gasteiger partial charge in [0.1, 0.15) is 17.1 Å². The van der Waals surface area contributed by atoms with Gasteiger partial charge >= 0.3 is 0 Å². The molecule has 1 heterocycles. The normalized spacial score (nSPS) is 12.9. The van der Waals surface area contributed by atoms with Crippen LogP contribution in [0.1, 0.15) is 32.1 Å². The number of hydrogen-bond acceptors (Lipinski definition) is 4. The molecule has 0 radical (unpaired) electrons. The minimum atomic E-state index is -0.259. The third-order valence-electron chi connectivity index (χ3n) is 5.05. The average Bonchev–Trinajstić information content (AvgIpc) is 3.18. The number of benzene rings is 2. The zero-order chi connectivity index (χ0) is 22.2. The van der Waals surface area contributed by atoms with Gasteiger partial charge in [0.2, 0.25) is 0 Å².